The summed E-state index contributed by atoms with van der Waals surface area (Å²) in [5, 5.41) is 0. The van der Waals surface area contributed by atoms with E-state index < -0.39 is 0 Å². The molecular weight excluding hydrogens is 168 g/mol. The monoisotopic (exact) mass is 178 g/mol. The van der Waals surface area contributed by atoms with Crippen molar-refractivity contribution in [1.29, 1.82) is 0 Å². The number of hydrogen-bond donors (Lipinski definition) is 2. The normalized spacial score (nSPS) is 10.6. The third-order valence-corrected chi connectivity index (χ3v) is 1.71. The van der Waals surface area contributed by atoms with E-state index in [4.69, 9.17) is 5.73 Å². The molecule has 0 unspecified atom stereocenters. The molecule has 0 aromatic carbocycles. The Hall–Kier alpha value is -1.85. The second-order valence-electron chi connectivity index (χ2n) is 2.91. The van der Waals surface area contributed by atoms with Gasteiger partial charge in [0.25, 0.3) is 0 Å². The van der Waals surface area contributed by atoms with E-state index in [2.05, 4.69) is 19.9 Å². The summed E-state index contributed by atoms with van der Waals surface area (Å²) in [6, 6.07) is 0. The van der Waals surface area contributed by atoms with Crippen LogP contribution < -0.4 is 10.6 Å². The van der Waals surface area contributed by atoms with E-state index in [1.165, 1.54) is 6.33 Å². The maximum Gasteiger partial charge on any atom is 0.200 e. The molecule has 0 atom stereocenters. The van der Waals surface area contributed by atoms with Crippen molar-refractivity contribution in [2.24, 2.45) is 0 Å². The molecule has 0 amide bonds. The van der Waals surface area contributed by atoms with Gasteiger partial charge in [0.2, 0.25) is 0 Å². The smallest absolute Gasteiger partial charge is 0.200 e. The predicted octanol–water partition coefficient (Wildman–Crippen LogP) is 0.00110. The fraction of sp³-hybridized carbons (Fsp3) is 0.286. The number of nitrogens with zero attached hydrogens (tertiary/aromatic N) is 4. The zero-order valence-corrected chi connectivity index (χ0v) is 7.44. The molecule has 3 N–H and O–H groups in total. The molecule has 0 saturated carbocycles. The quantitative estimate of drug-likeness (QED) is 0.642. The molecule has 2 aromatic heterocycles. The Bertz CT molecular complexity index is 431. The van der Waals surface area contributed by atoms with E-state index in [0.717, 1.165) is 11.3 Å². The SMILES string of the molecule is CN(C)c1ncnc2nc(N)[nH]c12. The summed E-state index contributed by atoms with van der Waals surface area (Å²) in [6.45, 7) is 0. The molecular formula is C7H10N6. The zero-order chi connectivity index (χ0) is 9.42. The molecule has 0 aliphatic rings. The lowest BCUT2D eigenvalue weighted by atomic mass is 10.5. The third-order valence-electron chi connectivity index (χ3n) is 1.71. The molecule has 0 bridgehead atoms. The highest BCUT2D eigenvalue weighted by Crippen LogP contribution is 2.18. The minimum atomic E-state index is 0.360. The second-order valence-corrected chi connectivity index (χ2v) is 2.91. The Morgan fingerprint density at radius 1 is 1.38 bits per heavy atom. The van der Waals surface area contributed by atoms with Gasteiger partial charge in [0.1, 0.15) is 11.8 Å². The van der Waals surface area contributed by atoms with E-state index in [-0.39, 0.29) is 0 Å². The molecule has 2 rings (SSSR count). The number of nitrogen functional groups attached to an aromatic ring is 1. The van der Waals surface area contributed by atoms with Gasteiger partial charge in [-0.25, -0.2) is 9.97 Å². The summed E-state index contributed by atoms with van der Waals surface area (Å²) in [6.07, 6.45) is 1.47. The fourth-order valence-electron chi connectivity index (χ4n) is 1.17. The lowest BCUT2D eigenvalue weighted by molar-refractivity contribution is 1.06. The Labute approximate surface area is 74.8 Å². The fourth-order valence-corrected chi connectivity index (χ4v) is 1.17. The Kier molecular flexibility index (Phi) is 1.54. The van der Waals surface area contributed by atoms with Crippen molar-refractivity contribution in [2.75, 3.05) is 24.7 Å². The van der Waals surface area contributed by atoms with Crippen LogP contribution in [0.15, 0.2) is 6.33 Å². The lowest BCUT2D eigenvalue weighted by Gasteiger charge is -2.10. The zero-order valence-electron chi connectivity index (χ0n) is 7.44. The molecule has 2 aromatic rings. The van der Waals surface area contributed by atoms with Crippen molar-refractivity contribution in [3.63, 3.8) is 0 Å². The lowest BCUT2D eigenvalue weighted by Crippen LogP contribution is -2.11. The van der Waals surface area contributed by atoms with Gasteiger partial charge in [0.15, 0.2) is 17.4 Å². The van der Waals surface area contributed by atoms with Crippen molar-refractivity contribution in [1.82, 2.24) is 19.9 Å². The summed E-state index contributed by atoms with van der Waals surface area (Å²) in [5.41, 5.74) is 6.87. The molecule has 0 aliphatic carbocycles. The van der Waals surface area contributed by atoms with Crippen LogP contribution in [0.25, 0.3) is 11.2 Å². The van der Waals surface area contributed by atoms with Gasteiger partial charge in [-0.15, -0.1) is 0 Å². The van der Waals surface area contributed by atoms with Gasteiger partial charge in [-0.05, 0) is 0 Å². The molecule has 6 nitrogen and oxygen atoms in total. The van der Waals surface area contributed by atoms with Crippen LogP contribution >= 0.6 is 0 Å². The molecule has 0 aliphatic heterocycles. The second kappa shape index (κ2) is 2.58. The summed E-state index contributed by atoms with van der Waals surface area (Å²) < 4.78 is 0. The summed E-state index contributed by atoms with van der Waals surface area (Å²) in [4.78, 5) is 16.9. The molecule has 6 heteroatoms. The van der Waals surface area contributed by atoms with Gasteiger partial charge in [-0.2, -0.15) is 4.98 Å². The van der Waals surface area contributed by atoms with Crippen molar-refractivity contribution < 1.29 is 0 Å². The number of fused-ring (bicyclic) bond motifs is 1. The van der Waals surface area contributed by atoms with Crippen molar-refractivity contribution in [3.05, 3.63) is 6.33 Å². The highest BCUT2D eigenvalue weighted by molar-refractivity contribution is 5.84. The minimum absolute atomic E-state index is 0.360. The first kappa shape index (κ1) is 7.78. The summed E-state index contributed by atoms with van der Waals surface area (Å²) in [7, 11) is 3.80. The molecule has 0 saturated heterocycles. The topological polar surface area (TPSA) is 83.7 Å². The van der Waals surface area contributed by atoms with Crippen LogP contribution in [0.1, 0.15) is 0 Å². The van der Waals surface area contributed by atoms with Crippen molar-refractivity contribution >= 4 is 22.9 Å². The Balaban J connectivity index is 2.75. The van der Waals surface area contributed by atoms with Crippen molar-refractivity contribution in [3.8, 4) is 0 Å². The number of aromatic nitrogens is 4. The number of hydrogen-bond acceptors (Lipinski definition) is 5. The van der Waals surface area contributed by atoms with Crippen LogP contribution in [-0.4, -0.2) is 34.0 Å². The number of nitrogens with one attached hydrogen (secondary N) is 1. The van der Waals surface area contributed by atoms with E-state index in [0.29, 0.717) is 11.6 Å². The highest BCUT2D eigenvalue weighted by Gasteiger charge is 2.08. The average molecular weight is 178 g/mol. The van der Waals surface area contributed by atoms with E-state index >= 15 is 0 Å². The highest BCUT2D eigenvalue weighted by atomic mass is 15.2. The Morgan fingerprint density at radius 3 is 2.85 bits per heavy atom. The van der Waals surface area contributed by atoms with Crippen LogP contribution in [0.3, 0.4) is 0 Å². The number of rotatable bonds is 1. The maximum absolute atomic E-state index is 5.51. The summed E-state index contributed by atoms with van der Waals surface area (Å²) >= 11 is 0. The van der Waals surface area contributed by atoms with Crippen molar-refractivity contribution in [2.45, 2.75) is 0 Å². The Morgan fingerprint density at radius 2 is 2.15 bits per heavy atom. The molecule has 2 heterocycles. The first-order valence-electron chi connectivity index (χ1n) is 3.82. The first-order chi connectivity index (χ1) is 6.18. The predicted molar refractivity (Wildman–Crippen MR) is 50.4 cm³/mol. The van der Waals surface area contributed by atoms with Gasteiger partial charge < -0.3 is 15.6 Å². The van der Waals surface area contributed by atoms with Gasteiger partial charge in [-0.3, -0.25) is 0 Å². The molecule has 0 spiro atoms. The average Bonchev–Trinajstić information content (AvgIpc) is 2.43. The molecule has 68 valence electrons. The maximum atomic E-state index is 5.51. The van der Waals surface area contributed by atoms with Gasteiger partial charge in [0.05, 0.1) is 0 Å². The van der Waals surface area contributed by atoms with Crippen LogP contribution in [0.4, 0.5) is 11.8 Å². The number of anilines is 2. The molecule has 13 heavy (non-hydrogen) atoms. The van der Waals surface area contributed by atoms with E-state index in [1.54, 1.807) is 0 Å². The van der Waals surface area contributed by atoms with Gasteiger partial charge in [-0.1, -0.05) is 0 Å². The number of nitrogens with two attached hydrogens (primary N) is 1. The van der Waals surface area contributed by atoms with Crippen LogP contribution in [-0.2, 0) is 0 Å². The number of aromatic amines is 1. The third kappa shape index (κ3) is 1.16. The van der Waals surface area contributed by atoms with E-state index in [9.17, 15) is 0 Å². The van der Waals surface area contributed by atoms with Gasteiger partial charge >= 0.3 is 0 Å². The van der Waals surface area contributed by atoms with Crippen LogP contribution in [0.2, 0.25) is 0 Å². The van der Waals surface area contributed by atoms with Crippen LogP contribution in [0, 0.1) is 0 Å². The minimum Gasteiger partial charge on any atom is -0.369 e. The molecule has 0 fully saturated rings. The van der Waals surface area contributed by atoms with Crippen LogP contribution in [0.5, 0.6) is 0 Å². The number of imidazole rings is 1. The molecule has 0 radical (unpaired) electrons. The summed E-state index contributed by atoms with van der Waals surface area (Å²) in [5.74, 6) is 1.15. The standard InChI is InChI=1S/C7H10N6/c1-13(2)6-4-5(9-3-10-6)12-7(8)11-4/h3H,1-2H3,(H3,8,9,10,11,12). The first-order valence-corrected chi connectivity index (χ1v) is 3.82. The van der Waals surface area contributed by atoms with E-state index in [1.807, 2.05) is 19.0 Å². The number of H-pyrrole nitrogens is 1. The largest absolute Gasteiger partial charge is 0.369 e. The van der Waals surface area contributed by atoms with Gasteiger partial charge in [0, 0.05) is 14.1 Å².